The fraction of sp³-hybridized carbons (Fsp3) is 0.273. The van der Waals surface area contributed by atoms with Crippen molar-refractivity contribution in [3.05, 3.63) is 71.4 Å². The van der Waals surface area contributed by atoms with E-state index in [1.807, 2.05) is 41.8 Å². The molecule has 1 N–H and O–H groups in total. The number of nitrogens with zero attached hydrogens (tertiary/aromatic N) is 3. The molecule has 7 heteroatoms. The third-order valence-corrected chi connectivity index (χ3v) is 5.71. The number of amides is 1. The molecular formula is C22H23FN4OS. The van der Waals surface area contributed by atoms with Crippen molar-refractivity contribution >= 4 is 22.4 Å². The van der Waals surface area contributed by atoms with Crippen molar-refractivity contribution in [2.75, 3.05) is 38.0 Å². The minimum atomic E-state index is -0.199. The second-order valence-electron chi connectivity index (χ2n) is 7.13. The largest absolute Gasteiger partial charge is 0.301 e. The Balaban J connectivity index is 1.23. The molecule has 0 radical (unpaired) electrons. The van der Waals surface area contributed by atoms with Gasteiger partial charge < -0.3 is 5.32 Å². The molecule has 1 aliphatic rings. The van der Waals surface area contributed by atoms with E-state index >= 15 is 0 Å². The maximum absolute atomic E-state index is 13.3. The van der Waals surface area contributed by atoms with Crippen molar-refractivity contribution in [1.29, 1.82) is 0 Å². The number of carbonyl (C=O) groups excluding carboxylic acids is 1. The molecule has 150 valence electrons. The van der Waals surface area contributed by atoms with E-state index in [2.05, 4.69) is 20.1 Å². The lowest BCUT2D eigenvalue weighted by Gasteiger charge is -2.34. The second kappa shape index (κ2) is 9.26. The van der Waals surface area contributed by atoms with E-state index in [4.69, 9.17) is 0 Å². The average Bonchev–Trinajstić information content (AvgIpc) is 3.18. The minimum absolute atomic E-state index is 0.0439. The number of hydrogen-bond donors (Lipinski definition) is 1. The molecule has 1 amide bonds. The van der Waals surface area contributed by atoms with Crippen LogP contribution >= 0.6 is 11.3 Å². The number of hydrogen-bond acceptors (Lipinski definition) is 5. The quantitative estimate of drug-likeness (QED) is 0.673. The predicted molar refractivity (Wildman–Crippen MR) is 114 cm³/mol. The van der Waals surface area contributed by atoms with Crippen molar-refractivity contribution in [2.24, 2.45) is 0 Å². The van der Waals surface area contributed by atoms with E-state index in [-0.39, 0.29) is 11.7 Å². The average molecular weight is 411 g/mol. The van der Waals surface area contributed by atoms with Gasteiger partial charge in [0.05, 0.1) is 12.2 Å². The zero-order valence-electron chi connectivity index (χ0n) is 16.1. The van der Waals surface area contributed by atoms with Gasteiger partial charge in [-0.2, -0.15) is 0 Å². The Morgan fingerprint density at radius 2 is 1.79 bits per heavy atom. The number of thiazole rings is 1. The molecule has 0 aliphatic carbocycles. The van der Waals surface area contributed by atoms with Crippen molar-refractivity contribution in [3.63, 3.8) is 0 Å². The Hall–Kier alpha value is -2.61. The summed E-state index contributed by atoms with van der Waals surface area (Å²) < 4.78 is 13.3. The molecule has 1 fully saturated rings. The van der Waals surface area contributed by atoms with Crippen LogP contribution in [-0.4, -0.2) is 53.4 Å². The minimum Gasteiger partial charge on any atom is -0.301 e. The molecule has 1 aromatic heterocycles. The number of rotatable bonds is 6. The third-order valence-electron chi connectivity index (χ3n) is 4.95. The van der Waals surface area contributed by atoms with Crippen LogP contribution in [0.5, 0.6) is 0 Å². The smallest absolute Gasteiger partial charge is 0.240 e. The van der Waals surface area contributed by atoms with Gasteiger partial charge in [-0.3, -0.25) is 14.6 Å². The summed E-state index contributed by atoms with van der Waals surface area (Å²) in [5.41, 5.74) is 2.89. The highest BCUT2D eigenvalue weighted by molar-refractivity contribution is 7.14. The number of piperazine rings is 1. The number of aromatic nitrogens is 1. The van der Waals surface area contributed by atoms with Gasteiger partial charge in [-0.05, 0) is 17.7 Å². The normalized spacial score (nSPS) is 15.3. The first kappa shape index (κ1) is 19.7. The van der Waals surface area contributed by atoms with Crippen LogP contribution in [0.1, 0.15) is 5.56 Å². The van der Waals surface area contributed by atoms with Crippen molar-refractivity contribution in [3.8, 4) is 11.3 Å². The molecule has 0 bridgehead atoms. The molecular weight excluding hydrogens is 387 g/mol. The first-order chi connectivity index (χ1) is 14.2. The summed E-state index contributed by atoms with van der Waals surface area (Å²) in [6.45, 7) is 4.44. The molecule has 29 heavy (non-hydrogen) atoms. The first-order valence-corrected chi connectivity index (χ1v) is 10.5. The second-order valence-corrected chi connectivity index (χ2v) is 7.99. The van der Waals surface area contributed by atoms with Gasteiger partial charge in [0.2, 0.25) is 5.91 Å². The predicted octanol–water partition coefficient (Wildman–Crippen LogP) is 3.71. The van der Waals surface area contributed by atoms with Crippen LogP contribution in [0.2, 0.25) is 0 Å². The van der Waals surface area contributed by atoms with E-state index < -0.39 is 0 Å². The fourth-order valence-electron chi connectivity index (χ4n) is 3.43. The summed E-state index contributed by atoms with van der Waals surface area (Å²) in [5, 5.41) is 5.49. The Bertz CT molecular complexity index is 954. The molecule has 2 heterocycles. The lowest BCUT2D eigenvalue weighted by Crippen LogP contribution is -2.48. The third kappa shape index (κ3) is 5.47. The lowest BCUT2D eigenvalue weighted by molar-refractivity contribution is -0.117. The topological polar surface area (TPSA) is 48.5 Å². The summed E-state index contributed by atoms with van der Waals surface area (Å²) in [7, 11) is 0. The summed E-state index contributed by atoms with van der Waals surface area (Å²) in [6, 6.07) is 16.7. The number of halogens is 1. The van der Waals surface area contributed by atoms with Gasteiger partial charge in [0.25, 0.3) is 0 Å². The van der Waals surface area contributed by atoms with E-state index in [0.717, 1.165) is 49.5 Å². The van der Waals surface area contributed by atoms with E-state index in [0.29, 0.717) is 11.7 Å². The Morgan fingerprint density at radius 3 is 2.55 bits per heavy atom. The van der Waals surface area contributed by atoms with Gasteiger partial charge in [-0.1, -0.05) is 42.5 Å². The maximum Gasteiger partial charge on any atom is 0.240 e. The molecule has 0 unspecified atom stereocenters. The molecule has 3 aromatic rings. The van der Waals surface area contributed by atoms with E-state index in [1.165, 1.54) is 17.4 Å². The number of nitrogens with one attached hydrogen (secondary N) is 1. The van der Waals surface area contributed by atoms with Crippen LogP contribution < -0.4 is 5.32 Å². The molecule has 1 saturated heterocycles. The Kier molecular flexibility index (Phi) is 6.29. The Labute approximate surface area is 173 Å². The van der Waals surface area contributed by atoms with Gasteiger partial charge in [0.1, 0.15) is 5.82 Å². The fourth-order valence-corrected chi connectivity index (χ4v) is 4.17. The van der Waals surface area contributed by atoms with Gasteiger partial charge >= 0.3 is 0 Å². The summed E-state index contributed by atoms with van der Waals surface area (Å²) in [5.74, 6) is -0.243. The van der Waals surface area contributed by atoms with Crippen LogP contribution in [0.25, 0.3) is 11.3 Å². The highest BCUT2D eigenvalue weighted by Crippen LogP contribution is 2.24. The van der Waals surface area contributed by atoms with Gasteiger partial charge in [-0.15, -0.1) is 11.3 Å². The first-order valence-electron chi connectivity index (χ1n) is 9.66. The molecule has 5 nitrogen and oxygen atoms in total. The standard InChI is InChI=1S/C22H23FN4OS/c23-19-8-4-5-17(13-19)14-26-9-11-27(12-10-26)15-21(28)25-22-24-20(16-29-22)18-6-2-1-3-7-18/h1-8,13,16H,9-12,14-15H2,(H,24,25,28). The van der Waals surface area contributed by atoms with Crippen LogP contribution in [0.3, 0.4) is 0 Å². The Morgan fingerprint density at radius 1 is 1.03 bits per heavy atom. The van der Waals surface area contributed by atoms with E-state index in [1.54, 1.807) is 12.1 Å². The highest BCUT2D eigenvalue weighted by Gasteiger charge is 2.19. The molecule has 0 atom stereocenters. The SMILES string of the molecule is O=C(CN1CCN(Cc2cccc(F)c2)CC1)Nc1nc(-c2ccccc2)cs1. The number of carbonyl (C=O) groups is 1. The molecule has 2 aromatic carbocycles. The zero-order valence-corrected chi connectivity index (χ0v) is 16.9. The zero-order chi connectivity index (χ0) is 20.1. The molecule has 0 spiro atoms. The number of anilines is 1. The monoisotopic (exact) mass is 410 g/mol. The van der Waals surface area contributed by atoms with Crippen molar-refractivity contribution in [1.82, 2.24) is 14.8 Å². The molecule has 0 saturated carbocycles. The van der Waals surface area contributed by atoms with Crippen LogP contribution in [-0.2, 0) is 11.3 Å². The van der Waals surface area contributed by atoms with Gasteiger partial charge in [0, 0.05) is 43.7 Å². The molecule has 1 aliphatic heterocycles. The van der Waals surface area contributed by atoms with Gasteiger partial charge in [0.15, 0.2) is 5.13 Å². The van der Waals surface area contributed by atoms with Crippen molar-refractivity contribution < 1.29 is 9.18 Å². The molecule has 4 rings (SSSR count). The van der Waals surface area contributed by atoms with Crippen LogP contribution in [0, 0.1) is 5.82 Å². The lowest BCUT2D eigenvalue weighted by atomic mass is 10.2. The van der Waals surface area contributed by atoms with E-state index in [9.17, 15) is 9.18 Å². The summed E-state index contributed by atoms with van der Waals surface area (Å²) in [6.07, 6.45) is 0. The highest BCUT2D eigenvalue weighted by atomic mass is 32.1. The summed E-state index contributed by atoms with van der Waals surface area (Å²) >= 11 is 1.44. The van der Waals surface area contributed by atoms with Crippen LogP contribution in [0.15, 0.2) is 60.0 Å². The maximum atomic E-state index is 13.3. The summed E-state index contributed by atoms with van der Waals surface area (Å²) in [4.78, 5) is 21.3. The van der Waals surface area contributed by atoms with Gasteiger partial charge in [-0.25, -0.2) is 9.37 Å². The number of benzene rings is 2. The van der Waals surface area contributed by atoms with Crippen molar-refractivity contribution in [2.45, 2.75) is 6.54 Å². The van der Waals surface area contributed by atoms with Crippen LogP contribution in [0.4, 0.5) is 9.52 Å².